The van der Waals surface area contributed by atoms with Crippen molar-refractivity contribution in [3.63, 3.8) is 0 Å². The Morgan fingerprint density at radius 3 is 2.25 bits per heavy atom. The monoisotopic (exact) mass is 172 g/mol. The van der Waals surface area contributed by atoms with Crippen LogP contribution in [0.3, 0.4) is 0 Å². The minimum atomic E-state index is 0.816. The summed E-state index contributed by atoms with van der Waals surface area (Å²) in [6.45, 7) is 5.76. The fraction of sp³-hybridized carbons (Fsp3) is 0.750. The highest BCUT2D eigenvalue weighted by Crippen LogP contribution is 1.82. The van der Waals surface area contributed by atoms with E-state index in [4.69, 9.17) is 0 Å². The Balaban J connectivity index is 3.45. The van der Waals surface area contributed by atoms with Crippen LogP contribution < -0.4 is 10.7 Å². The van der Waals surface area contributed by atoms with Crippen molar-refractivity contribution >= 4 is 0 Å². The number of nitrogens with one attached hydrogen (secondary N) is 2. The molecule has 0 atom stereocenters. The number of nitrogens with zero attached hydrogens (tertiary/aromatic N) is 2. The standard InChI is InChI=1S/C8H20N4/c1-8(9-2)10-12(5)7-6-11(3)4/h9-10H,1,6-7H2,2-5H3. The van der Waals surface area contributed by atoms with Gasteiger partial charge in [-0.2, -0.15) is 0 Å². The molecule has 4 nitrogen and oxygen atoms in total. The van der Waals surface area contributed by atoms with Crippen molar-refractivity contribution < 1.29 is 0 Å². The highest BCUT2D eigenvalue weighted by molar-refractivity contribution is 4.83. The molecule has 12 heavy (non-hydrogen) atoms. The van der Waals surface area contributed by atoms with E-state index in [0.717, 1.165) is 18.9 Å². The fourth-order valence-corrected chi connectivity index (χ4v) is 0.692. The van der Waals surface area contributed by atoms with Crippen LogP contribution in [-0.4, -0.2) is 51.2 Å². The minimum absolute atomic E-state index is 0.816. The zero-order chi connectivity index (χ0) is 9.56. The summed E-state index contributed by atoms with van der Waals surface area (Å²) >= 11 is 0. The average molecular weight is 172 g/mol. The van der Waals surface area contributed by atoms with Gasteiger partial charge < -0.3 is 15.6 Å². The maximum Gasteiger partial charge on any atom is 0.106 e. The van der Waals surface area contributed by atoms with Crippen molar-refractivity contribution in [3.05, 3.63) is 12.4 Å². The second-order valence-electron chi connectivity index (χ2n) is 3.07. The first-order chi connectivity index (χ1) is 5.56. The highest BCUT2D eigenvalue weighted by atomic mass is 15.5. The summed E-state index contributed by atoms with van der Waals surface area (Å²) in [6, 6.07) is 0. The lowest BCUT2D eigenvalue weighted by Crippen LogP contribution is -2.40. The molecule has 4 heteroatoms. The van der Waals surface area contributed by atoms with E-state index in [1.54, 1.807) is 0 Å². The Morgan fingerprint density at radius 2 is 1.83 bits per heavy atom. The van der Waals surface area contributed by atoms with Crippen molar-refractivity contribution in [3.8, 4) is 0 Å². The van der Waals surface area contributed by atoms with Crippen LogP contribution in [0.1, 0.15) is 0 Å². The summed E-state index contributed by atoms with van der Waals surface area (Å²) in [5, 5.41) is 4.92. The molecule has 0 amide bonds. The van der Waals surface area contributed by atoms with Gasteiger partial charge in [-0.05, 0) is 14.1 Å². The molecule has 0 saturated carbocycles. The topological polar surface area (TPSA) is 30.5 Å². The Kier molecular flexibility index (Phi) is 5.49. The van der Waals surface area contributed by atoms with Gasteiger partial charge in [-0.15, -0.1) is 0 Å². The maximum atomic E-state index is 3.76. The lowest BCUT2D eigenvalue weighted by Gasteiger charge is -2.22. The van der Waals surface area contributed by atoms with Gasteiger partial charge >= 0.3 is 0 Å². The molecule has 0 rings (SSSR count). The van der Waals surface area contributed by atoms with Crippen LogP contribution in [0.5, 0.6) is 0 Å². The van der Waals surface area contributed by atoms with Crippen LogP contribution in [0, 0.1) is 0 Å². The summed E-state index contributed by atoms with van der Waals surface area (Å²) in [6.07, 6.45) is 0. The van der Waals surface area contributed by atoms with Crippen molar-refractivity contribution in [2.24, 2.45) is 0 Å². The summed E-state index contributed by atoms with van der Waals surface area (Å²) in [5.41, 5.74) is 3.09. The van der Waals surface area contributed by atoms with Crippen molar-refractivity contribution in [2.75, 3.05) is 41.3 Å². The largest absolute Gasteiger partial charge is 0.374 e. The molecule has 2 N–H and O–H groups in total. The number of hydrazine groups is 1. The molecule has 0 heterocycles. The maximum absolute atomic E-state index is 3.76. The van der Waals surface area contributed by atoms with Crippen molar-refractivity contribution in [1.29, 1.82) is 0 Å². The Morgan fingerprint density at radius 1 is 1.25 bits per heavy atom. The van der Waals surface area contributed by atoms with Gasteiger partial charge in [-0.1, -0.05) is 6.58 Å². The molecule has 0 aliphatic rings. The van der Waals surface area contributed by atoms with Gasteiger partial charge in [0.15, 0.2) is 0 Å². The van der Waals surface area contributed by atoms with E-state index in [0.29, 0.717) is 0 Å². The first kappa shape index (κ1) is 11.3. The number of likely N-dealkylation sites (N-methyl/N-ethyl adjacent to an activating group) is 2. The molecule has 0 aliphatic heterocycles. The molecular formula is C8H20N4. The van der Waals surface area contributed by atoms with Crippen LogP contribution in [0.15, 0.2) is 12.4 Å². The van der Waals surface area contributed by atoms with E-state index < -0.39 is 0 Å². The smallest absolute Gasteiger partial charge is 0.106 e. The lowest BCUT2D eigenvalue weighted by atomic mass is 10.6. The summed E-state index contributed by atoms with van der Waals surface area (Å²) in [4.78, 5) is 2.14. The molecule has 0 aromatic carbocycles. The molecule has 0 unspecified atom stereocenters. The second kappa shape index (κ2) is 5.85. The van der Waals surface area contributed by atoms with Crippen LogP contribution in [0.25, 0.3) is 0 Å². The molecule has 0 aromatic heterocycles. The van der Waals surface area contributed by atoms with E-state index in [-0.39, 0.29) is 0 Å². The van der Waals surface area contributed by atoms with Crippen LogP contribution in [0.2, 0.25) is 0 Å². The molecule has 0 radical (unpaired) electrons. The molecule has 0 saturated heterocycles. The van der Waals surface area contributed by atoms with Crippen LogP contribution in [-0.2, 0) is 0 Å². The predicted octanol–water partition coefficient (Wildman–Crippen LogP) is -0.325. The average Bonchev–Trinajstić information content (AvgIpc) is 2.00. The zero-order valence-electron chi connectivity index (χ0n) is 8.52. The van der Waals surface area contributed by atoms with Gasteiger partial charge in [0.25, 0.3) is 0 Å². The molecule has 0 bridgehead atoms. The van der Waals surface area contributed by atoms with E-state index in [1.165, 1.54) is 0 Å². The SMILES string of the molecule is C=C(NC)NN(C)CCN(C)C. The molecule has 0 aliphatic carbocycles. The first-order valence-electron chi connectivity index (χ1n) is 4.05. The van der Waals surface area contributed by atoms with Gasteiger partial charge in [0.05, 0.1) is 0 Å². The normalized spacial score (nSPS) is 10.5. The number of hydrogen-bond donors (Lipinski definition) is 2. The third kappa shape index (κ3) is 6.00. The lowest BCUT2D eigenvalue weighted by molar-refractivity contribution is 0.228. The third-order valence-corrected chi connectivity index (χ3v) is 1.51. The molecular weight excluding hydrogens is 152 g/mol. The van der Waals surface area contributed by atoms with E-state index >= 15 is 0 Å². The summed E-state index contributed by atoms with van der Waals surface area (Å²) < 4.78 is 0. The zero-order valence-corrected chi connectivity index (χ0v) is 8.52. The van der Waals surface area contributed by atoms with Crippen LogP contribution >= 0.6 is 0 Å². The van der Waals surface area contributed by atoms with Crippen molar-refractivity contribution in [2.45, 2.75) is 0 Å². The Hall–Kier alpha value is -0.740. The fourth-order valence-electron chi connectivity index (χ4n) is 0.692. The van der Waals surface area contributed by atoms with E-state index in [2.05, 4.69) is 36.3 Å². The Bertz CT molecular complexity index is 133. The second-order valence-corrected chi connectivity index (χ2v) is 3.07. The van der Waals surface area contributed by atoms with Gasteiger partial charge in [-0.25, -0.2) is 5.01 Å². The summed E-state index contributed by atoms with van der Waals surface area (Å²) in [5.74, 6) is 0.816. The Labute approximate surface area is 75.2 Å². The number of hydrogen-bond acceptors (Lipinski definition) is 4. The summed E-state index contributed by atoms with van der Waals surface area (Å²) in [7, 11) is 7.95. The molecule has 0 fully saturated rings. The van der Waals surface area contributed by atoms with E-state index in [1.807, 2.05) is 19.1 Å². The van der Waals surface area contributed by atoms with Gasteiger partial charge in [0.2, 0.25) is 0 Å². The van der Waals surface area contributed by atoms with Gasteiger partial charge in [0.1, 0.15) is 5.82 Å². The van der Waals surface area contributed by atoms with Crippen molar-refractivity contribution in [1.82, 2.24) is 20.7 Å². The predicted molar refractivity (Wildman–Crippen MR) is 52.5 cm³/mol. The van der Waals surface area contributed by atoms with Gasteiger partial charge in [0, 0.05) is 27.2 Å². The van der Waals surface area contributed by atoms with Gasteiger partial charge in [-0.3, -0.25) is 0 Å². The minimum Gasteiger partial charge on any atom is -0.374 e. The highest BCUT2D eigenvalue weighted by Gasteiger charge is 1.97. The molecule has 0 spiro atoms. The quantitative estimate of drug-likeness (QED) is 0.537. The third-order valence-electron chi connectivity index (χ3n) is 1.51. The molecule has 72 valence electrons. The first-order valence-corrected chi connectivity index (χ1v) is 4.05. The number of rotatable bonds is 6. The molecule has 0 aromatic rings. The van der Waals surface area contributed by atoms with Crippen LogP contribution in [0.4, 0.5) is 0 Å². The van der Waals surface area contributed by atoms with E-state index in [9.17, 15) is 0 Å².